The molecule has 100 valence electrons. The second kappa shape index (κ2) is 4.99. The third-order valence-electron chi connectivity index (χ3n) is 3.09. The summed E-state index contributed by atoms with van der Waals surface area (Å²) in [6, 6.07) is 7.70. The van der Waals surface area contributed by atoms with Crippen LogP contribution in [0.1, 0.15) is 5.89 Å². The molecule has 1 fully saturated rings. The predicted octanol–water partition coefficient (Wildman–Crippen LogP) is 0.888. The Labute approximate surface area is 111 Å². The molecule has 6 heteroatoms. The van der Waals surface area contributed by atoms with Crippen LogP contribution in [-0.2, 0) is 6.54 Å². The molecule has 0 spiro atoms. The SMILES string of the molecule is CN1CC(Oc2ccccc2-c2noc(CN)n2)C1. The molecular weight excluding hydrogens is 244 g/mol. The first-order valence-corrected chi connectivity index (χ1v) is 6.23. The van der Waals surface area contributed by atoms with Crippen molar-refractivity contribution in [2.75, 3.05) is 20.1 Å². The Morgan fingerprint density at radius 1 is 1.42 bits per heavy atom. The van der Waals surface area contributed by atoms with E-state index in [2.05, 4.69) is 22.1 Å². The molecule has 0 unspecified atom stereocenters. The fourth-order valence-electron chi connectivity index (χ4n) is 2.10. The van der Waals surface area contributed by atoms with Crippen molar-refractivity contribution >= 4 is 0 Å². The first kappa shape index (κ1) is 12.1. The van der Waals surface area contributed by atoms with E-state index in [1.165, 1.54) is 0 Å². The second-order valence-corrected chi connectivity index (χ2v) is 4.67. The zero-order valence-corrected chi connectivity index (χ0v) is 10.7. The standard InChI is InChI=1S/C13H16N4O2/c1-17-7-9(8-17)18-11-5-3-2-4-10(11)13-15-12(6-14)19-16-13/h2-5,9H,6-8,14H2,1H3. The maximum absolute atomic E-state index is 5.95. The number of nitrogens with two attached hydrogens (primary N) is 1. The van der Waals surface area contributed by atoms with Crippen LogP contribution in [0.15, 0.2) is 28.8 Å². The van der Waals surface area contributed by atoms with E-state index in [1.54, 1.807) is 0 Å². The molecule has 2 N–H and O–H groups in total. The lowest BCUT2D eigenvalue weighted by molar-refractivity contribution is 0.0392. The van der Waals surface area contributed by atoms with Gasteiger partial charge in [-0.2, -0.15) is 4.98 Å². The zero-order chi connectivity index (χ0) is 13.2. The summed E-state index contributed by atoms with van der Waals surface area (Å²) >= 11 is 0. The number of hydrogen-bond acceptors (Lipinski definition) is 6. The Balaban J connectivity index is 1.84. The van der Waals surface area contributed by atoms with Gasteiger partial charge >= 0.3 is 0 Å². The highest BCUT2D eigenvalue weighted by Crippen LogP contribution is 2.29. The average Bonchev–Trinajstić information content (AvgIpc) is 2.86. The number of hydrogen-bond donors (Lipinski definition) is 1. The van der Waals surface area contributed by atoms with Crippen molar-refractivity contribution in [2.24, 2.45) is 5.73 Å². The van der Waals surface area contributed by atoms with Crippen LogP contribution in [0, 0.1) is 0 Å². The summed E-state index contributed by atoms with van der Waals surface area (Å²) in [5.41, 5.74) is 6.31. The molecule has 2 aromatic rings. The smallest absolute Gasteiger partial charge is 0.240 e. The van der Waals surface area contributed by atoms with Gasteiger partial charge in [0, 0.05) is 13.1 Å². The van der Waals surface area contributed by atoms with Crippen LogP contribution >= 0.6 is 0 Å². The van der Waals surface area contributed by atoms with Crippen molar-refractivity contribution in [2.45, 2.75) is 12.6 Å². The average molecular weight is 260 g/mol. The van der Waals surface area contributed by atoms with Gasteiger partial charge in [0.2, 0.25) is 11.7 Å². The fourth-order valence-corrected chi connectivity index (χ4v) is 2.10. The van der Waals surface area contributed by atoms with Gasteiger partial charge in [-0.05, 0) is 19.2 Å². The van der Waals surface area contributed by atoms with Crippen LogP contribution in [0.5, 0.6) is 5.75 Å². The van der Waals surface area contributed by atoms with E-state index in [4.69, 9.17) is 15.0 Å². The van der Waals surface area contributed by atoms with E-state index >= 15 is 0 Å². The van der Waals surface area contributed by atoms with Gasteiger partial charge in [0.25, 0.3) is 0 Å². The van der Waals surface area contributed by atoms with Crippen LogP contribution in [0.2, 0.25) is 0 Å². The molecule has 0 bridgehead atoms. The van der Waals surface area contributed by atoms with Crippen LogP contribution in [0.25, 0.3) is 11.4 Å². The first-order chi connectivity index (χ1) is 9.26. The minimum absolute atomic E-state index is 0.229. The Morgan fingerprint density at radius 3 is 2.89 bits per heavy atom. The summed E-state index contributed by atoms with van der Waals surface area (Å²) in [5, 5.41) is 3.93. The summed E-state index contributed by atoms with van der Waals surface area (Å²) in [5.74, 6) is 1.72. The Hall–Kier alpha value is -1.92. The molecule has 6 nitrogen and oxygen atoms in total. The maximum atomic E-state index is 5.95. The highest BCUT2D eigenvalue weighted by atomic mass is 16.5. The van der Waals surface area contributed by atoms with Gasteiger partial charge in [-0.15, -0.1) is 0 Å². The highest BCUT2D eigenvalue weighted by Gasteiger charge is 2.26. The first-order valence-electron chi connectivity index (χ1n) is 6.23. The number of nitrogens with zero attached hydrogens (tertiary/aromatic N) is 3. The van der Waals surface area contributed by atoms with Crippen molar-refractivity contribution in [3.63, 3.8) is 0 Å². The number of benzene rings is 1. The quantitative estimate of drug-likeness (QED) is 0.879. The van der Waals surface area contributed by atoms with Crippen molar-refractivity contribution < 1.29 is 9.26 Å². The van der Waals surface area contributed by atoms with Gasteiger partial charge in [-0.3, -0.25) is 4.90 Å². The molecule has 0 atom stereocenters. The number of likely N-dealkylation sites (N-methyl/N-ethyl adjacent to an activating group) is 1. The fraction of sp³-hybridized carbons (Fsp3) is 0.385. The highest BCUT2D eigenvalue weighted by molar-refractivity contribution is 5.63. The molecule has 1 aliphatic rings. The molecule has 0 aliphatic carbocycles. The zero-order valence-electron chi connectivity index (χ0n) is 10.7. The lowest BCUT2D eigenvalue weighted by atomic mass is 10.1. The van der Waals surface area contributed by atoms with E-state index in [0.717, 1.165) is 24.4 Å². The summed E-state index contributed by atoms with van der Waals surface area (Å²) in [6.45, 7) is 2.12. The number of rotatable bonds is 4. The van der Waals surface area contributed by atoms with Gasteiger partial charge in [0.15, 0.2) is 0 Å². The van der Waals surface area contributed by atoms with Crippen molar-refractivity contribution in [3.05, 3.63) is 30.2 Å². The third-order valence-corrected chi connectivity index (χ3v) is 3.09. The van der Waals surface area contributed by atoms with Gasteiger partial charge in [0.05, 0.1) is 12.1 Å². The van der Waals surface area contributed by atoms with Crippen LogP contribution in [0.3, 0.4) is 0 Å². The van der Waals surface area contributed by atoms with E-state index in [1.807, 2.05) is 24.3 Å². The number of aromatic nitrogens is 2. The van der Waals surface area contributed by atoms with Crippen molar-refractivity contribution in [1.29, 1.82) is 0 Å². The lowest BCUT2D eigenvalue weighted by Gasteiger charge is -2.36. The number of ether oxygens (including phenoxy) is 1. The Kier molecular flexibility index (Phi) is 3.18. The van der Waals surface area contributed by atoms with Gasteiger partial charge < -0.3 is 15.0 Å². The largest absolute Gasteiger partial charge is 0.487 e. The molecule has 2 heterocycles. The van der Waals surface area contributed by atoms with E-state index in [9.17, 15) is 0 Å². The normalized spacial score (nSPS) is 16.3. The minimum Gasteiger partial charge on any atom is -0.487 e. The molecule has 1 aromatic carbocycles. The van der Waals surface area contributed by atoms with Gasteiger partial charge in [-0.1, -0.05) is 17.3 Å². The third kappa shape index (κ3) is 2.45. The molecule has 1 saturated heterocycles. The van der Waals surface area contributed by atoms with Gasteiger partial charge in [0.1, 0.15) is 11.9 Å². The molecule has 0 saturated carbocycles. The monoisotopic (exact) mass is 260 g/mol. The van der Waals surface area contributed by atoms with Crippen LogP contribution < -0.4 is 10.5 Å². The van der Waals surface area contributed by atoms with Crippen LogP contribution in [-0.4, -0.2) is 41.3 Å². The number of likely N-dealkylation sites (tertiary alicyclic amines) is 1. The molecule has 0 amide bonds. The topological polar surface area (TPSA) is 77.4 Å². The maximum Gasteiger partial charge on any atom is 0.240 e. The van der Waals surface area contributed by atoms with Crippen molar-refractivity contribution in [3.8, 4) is 17.1 Å². The van der Waals surface area contributed by atoms with Crippen LogP contribution in [0.4, 0.5) is 0 Å². The van der Waals surface area contributed by atoms with Crippen molar-refractivity contribution in [1.82, 2.24) is 15.0 Å². The van der Waals surface area contributed by atoms with E-state index < -0.39 is 0 Å². The summed E-state index contributed by atoms with van der Waals surface area (Å²) in [4.78, 5) is 6.44. The Bertz CT molecular complexity index is 563. The minimum atomic E-state index is 0.229. The molecule has 0 radical (unpaired) electrons. The molecular formula is C13H16N4O2. The summed E-state index contributed by atoms with van der Waals surface area (Å²) in [6.07, 6.45) is 0.229. The second-order valence-electron chi connectivity index (χ2n) is 4.67. The Morgan fingerprint density at radius 2 is 2.21 bits per heavy atom. The van der Waals surface area contributed by atoms with Gasteiger partial charge in [-0.25, -0.2) is 0 Å². The summed E-state index contributed by atoms with van der Waals surface area (Å²) in [7, 11) is 2.07. The summed E-state index contributed by atoms with van der Waals surface area (Å²) < 4.78 is 11.0. The number of para-hydroxylation sites is 1. The molecule has 19 heavy (non-hydrogen) atoms. The molecule has 1 aliphatic heterocycles. The molecule has 3 rings (SSSR count). The van der Waals surface area contributed by atoms with E-state index in [0.29, 0.717) is 11.7 Å². The lowest BCUT2D eigenvalue weighted by Crippen LogP contribution is -2.51. The molecule has 1 aromatic heterocycles. The van der Waals surface area contributed by atoms with E-state index in [-0.39, 0.29) is 12.6 Å². The predicted molar refractivity (Wildman–Crippen MR) is 69.5 cm³/mol.